The second kappa shape index (κ2) is 3.74. The number of hydrogen-bond acceptors (Lipinski definition) is 3. The molecule has 1 aromatic heterocycles. The zero-order chi connectivity index (χ0) is 10.8. The standard InChI is InChI=1S/C10H8ClN3O/c11-8-6-14(15)10(12)13-9(8)7-4-2-1-3-5-7/h1-6,12,15H. The molecule has 0 amide bonds. The van der Waals surface area contributed by atoms with Gasteiger partial charge >= 0.3 is 0 Å². The van der Waals surface area contributed by atoms with Gasteiger partial charge in [-0.05, 0) is 0 Å². The van der Waals surface area contributed by atoms with Crippen molar-refractivity contribution in [3.8, 4) is 11.3 Å². The molecule has 2 rings (SSSR count). The summed E-state index contributed by atoms with van der Waals surface area (Å²) in [6.07, 6.45) is 1.25. The van der Waals surface area contributed by atoms with Crippen LogP contribution in [-0.2, 0) is 0 Å². The highest BCUT2D eigenvalue weighted by atomic mass is 35.5. The minimum atomic E-state index is -0.252. The maximum atomic E-state index is 9.15. The number of hydrogen-bond donors (Lipinski definition) is 2. The van der Waals surface area contributed by atoms with Gasteiger partial charge in [0.2, 0.25) is 0 Å². The Morgan fingerprint density at radius 1 is 1.27 bits per heavy atom. The highest BCUT2D eigenvalue weighted by Gasteiger charge is 2.06. The summed E-state index contributed by atoms with van der Waals surface area (Å²) in [7, 11) is 0. The third kappa shape index (κ3) is 1.85. The van der Waals surface area contributed by atoms with E-state index in [4.69, 9.17) is 22.2 Å². The number of nitrogens with zero attached hydrogens (tertiary/aromatic N) is 2. The Bertz CT molecular complexity index is 536. The molecule has 0 bridgehead atoms. The average Bonchev–Trinajstić information content (AvgIpc) is 2.25. The van der Waals surface area contributed by atoms with Gasteiger partial charge in [-0.25, -0.2) is 4.98 Å². The number of rotatable bonds is 1. The van der Waals surface area contributed by atoms with E-state index in [-0.39, 0.29) is 5.62 Å². The largest absolute Gasteiger partial charge is 0.425 e. The number of aromatic nitrogens is 2. The first-order chi connectivity index (χ1) is 7.18. The van der Waals surface area contributed by atoms with Gasteiger partial charge in [0.25, 0.3) is 5.62 Å². The molecule has 1 aromatic carbocycles. The van der Waals surface area contributed by atoms with Crippen molar-refractivity contribution in [2.75, 3.05) is 0 Å². The fourth-order valence-electron chi connectivity index (χ4n) is 1.24. The van der Waals surface area contributed by atoms with E-state index in [0.29, 0.717) is 15.4 Å². The van der Waals surface area contributed by atoms with Gasteiger partial charge in [0, 0.05) is 5.56 Å². The fourth-order valence-corrected chi connectivity index (χ4v) is 1.48. The van der Waals surface area contributed by atoms with Crippen molar-refractivity contribution >= 4 is 11.6 Å². The molecule has 0 saturated carbocycles. The lowest BCUT2D eigenvalue weighted by atomic mass is 10.1. The van der Waals surface area contributed by atoms with Crippen molar-refractivity contribution in [1.82, 2.24) is 9.71 Å². The van der Waals surface area contributed by atoms with Crippen LogP contribution in [0.5, 0.6) is 0 Å². The summed E-state index contributed by atoms with van der Waals surface area (Å²) in [5.41, 5.74) is 1.06. The first-order valence-corrected chi connectivity index (χ1v) is 4.65. The molecule has 76 valence electrons. The molecular formula is C10H8ClN3O. The molecule has 0 aliphatic carbocycles. The molecule has 0 atom stereocenters. The van der Waals surface area contributed by atoms with Gasteiger partial charge in [-0.3, -0.25) is 5.41 Å². The Hall–Kier alpha value is -1.81. The lowest BCUT2D eigenvalue weighted by Crippen LogP contribution is -2.21. The van der Waals surface area contributed by atoms with Crippen LogP contribution in [0.1, 0.15) is 0 Å². The second-order valence-corrected chi connectivity index (χ2v) is 3.38. The molecule has 0 fully saturated rings. The molecule has 0 unspecified atom stereocenters. The van der Waals surface area contributed by atoms with Gasteiger partial charge in [0.1, 0.15) is 0 Å². The molecule has 0 spiro atoms. The summed E-state index contributed by atoms with van der Waals surface area (Å²) in [6, 6.07) is 9.28. The average molecular weight is 222 g/mol. The van der Waals surface area contributed by atoms with Gasteiger partial charge in [0.05, 0.1) is 16.9 Å². The summed E-state index contributed by atoms with van der Waals surface area (Å²) < 4.78 is 0.578. The molecule has 2 aromatic rings. The molecule has 15 heavy (non-hydrogen) atoms. The Morgan fingerprint density at radius 2 is 1.93 bits per heavy atom. The molecule has 0 aliphatic heterocycles. The van der Waals surface area contributed by atoms with Crippen LogP contribution in [0.4, 0.5) is 0 Å². The van der Waals surface area contributed by atoms with Crippen molar-refractivity contribution in [2.45, 2.75) is 0 Å². The first-order valence-electron chi connectivity index (χ1n) is 4.27. The van der Waals surface area contributed by atoms with Gasteiger partial charge < -0.3 is 5.21 Å². The van der Waals surface area contributed by atoms with Gasteiger partial charge in [-0.1, -0.05) is 41.9 Å². The van der Waals surface area contributed by atoms with Gasteiger partial charge in [-0.2, -0.15) is 4.73 Å². The second-order valence-electron chi connectivity index (χ2n) is 2.97. The molecule has 5 heteroatoms. The zero-order valence-corrected chi connectivity index (χ0v) is 8.44. The summed E-state index contributed by atoms with van der Waals surface area (Å²) in [5.74, 6) is 0. The number of nitrogens with one attached hydrogen (secondary N) is 1. The van der Waals surface area contributed by atoms with E-state index in [1.54, 1.807) is 0 Å². The summed E-state index contributed by atoms with van der Waals surface area (Å²) in [6.45, 7) is 0. The Kier molecular flexibility index (Phi) is 2.43. The third-order valence-corrected chi connectivity index (χ3v) is 2.22. The lowest BCUT2D eigenvalue weighted by molar-refractivity contribution is 0.165. The molecule has 0 aliphatic rings. The fraction of sp³-hybridized carbons (Fsp3) is 0. The Balaban J connectivity index is 2.64. The Labute approximate surface area is 90.9 Å². The monoisotopic (exact) mass is 221 g/mol. The van der Waals surface area contributed by atoms with E-state index >= 15 is 0 Å². The first kappa shape index (κ1) is 9.73. The van der Waals surface area contributed by atoms with E-state index in [1.807, 2.05) is 30.3 Å². The smallest absolute Gasteiger partial charge is 0.256 e. The van der Waals surface area contributed by atoms with Crippen LogP contribution in [0, 0.1) is 5.41 Å². The number of benzene rings is 1. The minimum Gasteiger partial charge on any atom is -0.425 e. The van der Waals surface area contributed by atoms with E-state index in [0.717, 1.165) is 5.56 Å². The minimum absolute atomic E-state index is 0.252. The van der Waals surface area contributed by atoms with Crippen molar-refractivity contribution < 1.29 is 5.21 Å². The third-order valence-electron chi connectivity index (χ3n) is 1.94. The van der Waals surface area contributed by atoms with Crippen molar-refractivity contribution in [3.05, 3.63) is 47.2 Å². The topological polar surface area (TPSA) is 61.9 Å². The van der Waals surface area contributed by atoms with Gasteiger partial charge in [0.15, 0.2) is 0 Å². The van der Waals surface area contributed by atoms with E-state index < -0.39 is 0 Å². The van der Waals surface area contributed by atoms with E-state index in [2.05, 4.69) is 4.98 Å². The predicted octanol–water partition coefficient (Wildman–Crippen LogP) is 1.92. The van der Waals surface area contributed by atoms with Crippen LogP contribution in [0.3, 0.4) is 0 Å². The molecule has 4 nitrogen and oxygen atoms in total. The summed E-state index contributed by atoms with van der Waals surface area (Å²) in [5, 5.41) is 16.8. The quantitative estimate of drug-likeness (QED) is 0.723. The van der Waals surface area contributed by atoms with Crippen LogP contribution < -0.4 is 5.62 Å². The molecule has 2 N–H and O–H groups in total. The molecule has 0 saturated heterocycles. The maximum Gasteiger partial charge on any atom is 0.256 e. The van der Waals surface area contributed by atoms with Crippen LogP contribution >= 0.6 is 11.6 Å². The predicted molar refractivity (Wildman–Crippen MR) is 55.7 cm³/mol. The van der Waals surface area contributed by atoms with E-state index in [9.17, 15) is 0 Å². The molecular weight excluding hydrogens is 214 g/mol. The molecule has 0 radical (unpaired) electrons. The highest BCUT2D eigenvalue weighted by Crippen LogP contribution is 2.23. The normalized spacial score (nSPS) is 10.2. The SMILES string of the molecule is N=c1nc(-c2ccccc2)c(Cl)cn1O. The van der Waals surface area contributed by atoms with Crippen LogP contribution in [0.2, 0.25) is 5.02 Å². The summed E-state index contributed by atoms with van der Waals surface area (Å²) in [4.78, 5) is 3.89. The zero-order valence-electron chi connectivity index (χ0n) is 7.68. The summed E-state index contributed by atoms with van der Waals surface area (Å²) >= 11 is 5.91. The van der Waals surface area contributed by atoms with E-state index in [1.165, 1.54) is 6.20 Å². The highest BCUT2D eigenvalue weighted by molar-refractivity contribution is 6.32. The van der Waals surface area contributed by atoms with Crippen LogP contribution in [-0.4, -0.2) is 14.9 Å². The van der Waals surface area contributed by atoms with Crippen LogP contribution in [0.25, 0.3) is 11.3 Å². The molecule has 1 heterocycles. The lowest BCUT2D eigenvalue weighted by Gasteiger charge is -2.04. The maximum absolute atomic E-state index is 9.15. The number of halogens is 1. The van der Waals surface area contributed by atoms with Crippen molar-refractivity contribution in [2.24, 2.45) is 0 Å². The van der Waals surface area contributed by atoms with Crippen LogP contribution in [0.15, 0.2) is 36.5 Å². The van der Waals surface area contributed by atoms with Crippen molar-refractivity contribution in [3.63, 3.8) is 0 Å². The van der Waals surface area contributed by atoms with Gasteiger partial charge in [-0.15, -0.1) is 0 Å². The Morgan fingerprint density at radius 3 is 2.60 bits per heavy atom. The van der Waals surface area contributed by atoms with Crippen molar-refractivity contribution in [1.29, 1.82) is 5.41 Å².